The van der Waals surface area contributed by atoms with Gasteiger partial charge in [0.1, 0.15) is 5.15 Å². The predicted octanol–water partition coefficient (Wildman–Crippen LogP) is 3.03. The fourth-order valence-electron chi connectivity index (χ4n) is 1.44. The van der Waals surface area contributed by atoms with Gasteiger partial charge in [-0.05, 0) is 30.7 Å². The van der Waals surface area contributed by atoms with Gasteiger partial charge >= 0.3 is 5.91 Å². The minimum absolute atomic E-state index is 0.382. The molecule has 0 radical (unpaired) electrons. The van der Waals surface area contributed by atoms with Gasteiger partial charge in [0.2, 0.25) is 0 Å². The standard InChI is InChI=1S/C15H11ClN2O/c1-11-9-13(10-17-15(11)16)18-14(19)8-7-12-5-3-2-4-6-12/h2-6,9-10H,1H3,(H,18,19). The van der Waals surface area contributed by atoms with E-state index in [2.05, 4.69) is 22.1 Å². The van der Waals surface area contributed by atoms with Crippen LogP contribution in [0.25, 0.3) is 0 Å². The number of rotatable bonds is 1. The molecular weight excluding hydrogens is 260 g/mol. The number of hydrogen-bond donors (Lipinski definition) is 1. The lowest BCUT2D eigenvalue weighted by molar-refractivity contribution is -0.111. The topological polar surface area (TPSA) is 42.0 Å². The van der Waals surface area contributed by atoms with E-state index >= 15 is 0 Å². The van der Waals surface area contributed by atoms with Crippen LogP contribution < -0.4 is 5.32 Å². The van der Waals surface area contributed by atoms with Crippen LogP contribution in [0.1, 0.15) is 11.1 Å². The van der Waals surface area contributed by atoms with Gasteiger partial charge in [0.05, 0.1) is 11.9 Å². The van der Waals surface area contributed by atoms with Crippen LogP contribution in [0.3, 0.4) is 0 Å². The molecule has 2 aromatic rings. The number of pyridine rings is 1. The number of hydrogen-bond acceptors (Lipinski definition) is 2. The van der Waals surface area contributed by atoms with Crippen LogP contribution in [0.5, 0.6) is 0 Å². The highest BCUT2D eigenvalue weighted by Crippen LogP contribution is 2.15. The number of halogens is 1. The van der Waals surface area contributed by atoms with Crippen molar-refractivity contribution >= 4 is 23.2 Å². The number of nitrogens with one attached hydrogen (secondary N) is 1. The van der Waals surface area contributed by atoms with Gasteiger partial charge in [-0.2, -0.15) is 0 Å². The first-order valence-electron chi connectivity index (χ1n) is 5.65. The smallest absolute Gasteiger partial charge is 0.300 e. The highest BCUT2D eigenvalue weighted by molar-refractivity contribution is 6.30. The van der Waals surface area contributed by atoms with Crippen LogP contribution in [-0.4, -0.2) is 10.9 Å². The maximum absolute atomic E-state index is 11.6. The maximum Gasteiger partial charge on any atom is 0.300 e. The third kappa shape index (κ3) is 3.84. The Bertz CT molecular complexity index is 657. The summed E-state index contributed by atoms with van der Waals surface area (Å²) in [7, 11) is 0. The lowest BCUT2D eigenvalue weighted by atomic mass is 10.2. The molecule has 0 saturated heterocycles. The Hall–Kier alpha value is -2.31. The number of carbonyl (C=O) groups is 1. The number of amides is 1. The zero-order valence-corrected chi connectivity index (χ0v) is 11.0. The van der Waals surface area contributed by atoms with Gasteiger partial charge in [0.25, 0.3) is 0 Å². The van der Waals surface area contributed by atoms with Crippen molar-refractivity contribution in [2.45, 2.75) is 6.92 Å². The molecule has 3 nitrogen and oxygen atoms in total. The summed E-state index contributed by atoms with van der Waals surface area (Å²) < 4.78 is 0. The Labute approximate surface area is 116 Å². The molecule has 0 saturated carbocycles. The molecule has 0 atom stereocenters. The second-order valence-corrected chi connectivity index (χ2v) is 4.26. The summed E-state index contributed by atoms with van der Waals surface area (Å²) >= 11 is 5.81. The number of aryl methyl sites for hydroxylation is 1. The molecule has 0 spiro atoms. The van der Waals surface area contributed by atoms with Crippen LogP contribution >= 0.6 is 11.6 Å². The first kappa shape index (κ1) is 13.1. The Morgan fingerprint density at radius 3 is 2.74 bits per heavy atom. The molecule has 94 valence electrons. The molecule has 0 aliphatic heterocycles. The number of nitrogens with zero attached hydrogens (tertiary/aromatic N) is 1. The van der Waals surface area contributed by atoms with Crippen molar-refractivity contribution in [2.24, 2.45) is 0 Å². The average Bonchev–Trinajstić information content (AvgIpc) is 2.42. The predicted molar refractivity (Wildman–Crippen MR) is 75.9 cm³/mol. The van der Waals surface area contributed by atoms with Crippen LogP contribution in [0, 0.1) is 18.8 Å². The molecule has 0 aliphatic rings. The molecule has 1 N–H and O–H groups in total. The Kier molecular flexibility index (Phi) is 4.17. The maximum atomic E-state index is 11.6. The van der Waals surface area contributed by atoms with Gasteiger partial charge in [-0.1, -0.05) is 35.7 Å². The van der Waals surface area contributed by atoms with Crippen molar-refractivity contribution in [3.8, 4) is 11.8 Å². The van der Waals surface area contributed by atoms with Crippen LogP contribution in [0.2, 0.25) is 5.15 Å². The molecule has 0 aliphatic carbocycles. The minimum Gasteiger partial charge on any atom is -0.314 e. The summed E-state index contributed by atoms with van der Waals surface area (Å²) in [5.74, 6) is 4.92. The van der Waals surface area contributed by atoms with E-state index in [9.17, 15) is 4.79 Å². The molecule has 0 unspecified atom stereocenters. The Balaban J connectivity index is 2.06. The molecular formula is C15H11ClN2O. The summed E-state index contributed by atoms with van der Waals surface area (Å²) in [4.78, 5) is 15.6. The summed E-state index contributed by atoms with van der Waals surface area (Å²) in [6, 6.07) is 11.1. The van der Waals surface area contributed by atoms with Gasteiger partial charge in [-0.15, -0.1) is 0 Å². The van der Waals surface area contributed by atoms with E-state index in [0.29, 0.717) is 10.8 Å². The monoisotopic (exact) mass is 270 g/mol. The zero-order chi connectivity index (χ0) is 13.7. The lowest BCUT2D eigenvalue weighted by Crippen LogP contribution is -2.09. The lowest BCUT2D eigenvalue weighted by Gasteiger charge is -2.02. The van der Waals surface area contributed by atoms with Crippen molar-refractivity contribution in [2.75, 3.05) is 5.32 Å². The molecule has 1 amide bonds. The van der Waals surface area contributed by atoms with E-state index in [-0.39, 0.29) is 5.91 Å². The molecule has 2 rings (SSSR count). The van der Waals surface area contributed by atoms with E-state index in [0.717, 1.165) is 11.1 Å². The van der Waals surface area contributed by atoms with Gasteiger partial charge < -0.3 is 5.32 Å². The fourth-order valence-corrected chi connectivity index (χ4v) is 1.54. The first-order chi connectivity index (χ1) is 9.15. The molecule has 0 fully saturated rings. The number of carbonyl (C=O) groups excluding carboxylic acids is 1. The first-order valence-corrected chi connectivity index (χ1v) is 6.03. The number of anilines is 1. The number of aromatic nitrogens is 1. The van der Waals surface area contributed by atoms with Gasteiger partial charge in [-0.25, -0.2) is 4.98 Å². The van der Waals surface area contributed by atoms with Gasteiger partial charge in [0.15, 0.2) is 0 Å². The van der Waals surface area contributed by atoms with Crippen molar-refractivity contribution in [3.63, 3.8) is 0 Å². The van der Waals surface area contributed by atoms with Gasteiger partial charge in [-0.3, -0.25) is 4.79 Å². The highest BCUT2D eigenvalue weighted by atomic mass is 35.5. The van der Waals surface area contributed by atoms with E-state index in [1.54, 1.807) is 6.07 Å². The molecule has 0 bridgehead atoms. The normalized spacial score (nSPS) is 9.37. The van der Waals surface area contributed by atoms with Crippen LogP contribution in [0.15, 0.2) is 42.6 Å². The van der Waals surface area contributed by atoms with Crippen molar-refractivity contribution in [1.82, 2.24) is 4.98 Å². The van der Waals surface area contributed by atoms with E-state index in [1.165, 1.54) is 6.20 Å². The largest absolute Gasteiger partial charge is 0.314 e. The SMILES string of the molecule is Cc1cc(NC(=O)C#Cc2ccccc2)cnc1Cl. The fraction of sp³-hybridized carbons (Fsp3) is 0.0667. The third-order valence-corrected chi connectivity index (χ3v) is 2.76. The average molecular weight is 271 g/mol. The minimum atomic E-state index is -0.382. The molecule has 1 heterocycles. The third-order valence-electron chi connectivity index (χ3n) is 2.37. The molecule has 1 aromatic carbocycles. The molecule has 1 aromatic heterocycles. The van der Waals surface area contributed by atoms with Crippen LogP contribution in [0.4, 0.5) is 5.69 Å². The Morgan fingerprint density at radius 1 is 1.32 bits per heavy atom. The number of benzene rings is 1. The van der Waals surface area contributed by atoms with Gasteiger partial charge in [0, 0.05) is 11.5 Å². The van der Waals surface area contributed by atoms with Crippen molar-refractivity contribution in [1.29, 1.82) is 0 Å². The summed E-state index contributed by atoms with van der Waals surface area (Å²) in [6.07, 6.45) is 1.50. The summed E-state index contributed by atoms with van der Waals surface area (Å²) in [6.45, 7) is 1.82. The quantitative estimate of drug-likeness (QED) is 0.639. The highest BCUT2D eigenvalue weighted by Gasteiger charge is 2.01. The second-order valence-electron chi connectivity index (χ2n) is 3.90. The zero-order valence-electron chi connectivity index (χ0n) is 10.3. The van der Waals surface area contributed by atoms with E-state index < -0.39 is 0 Å². The summed E-state index contributed by atoms with van der Waals surface area (Å²) in [5.41, 5.74) is 2.17. The van der Waals surface area contributed by atoms with E-state index in [1.807, 2.05) is 37.3 Å². The van der Waals surface area contributed by atoms with Crippen molar-refractivity contribution in [3.05, 3.63) is 58.9 Å². The van der Waals surface area contributed by atoms with Crippen LogP contribution in [-0.2, 0) is 4.79 Å². The van der Waals surface area contributed by atoms with Crippen molar-refractivity contribution < 1.29 is 4.79 Å². The molecule has 4 heteroatoms. The molecule has 19 heavy (non-hydrogen) atoms. The van der Waals surface area contributed by atoms with E-state index in [4.69, 9.17) is 11.6 Å². The Morgan fingerprint density at radius 2 is 2.05 bits per heavy atom. The summed E-state index contributed by atoms with van der Waals surface area (Å²) in [5, 5.41) is 3.07. The second kappa shape index (κ2) is 6.03.